The summed E-state index contributed by atoms with van der Waals surface area (Å²) in [6.45, 7) is 2.42. The molecule has 0 rings (SSSR count). The molecule has 13 heavy (non-hydrogen) atoms. The summed E-state index contributed by atoms with van der Waals surface area (Å²) in [4.78, 5) is 10.8. The van der Waals surface area contributed by atoms with Gasteiger partial charge in [0.15, 0.2) is 0 Å². The van der Waals surface area contributed by atoms with Gasteiger partial charge in [0, 0.05) is 19.5 Å². The SMILES string of the molecule is CCNC(=O)CCNS(=O)(=O)CCl. The van der Waals surface area contributed by atoms with E-state index in [1.165, 1.54) is 0 Å². The minimum Gasteiger partial charge on any atom is -0.356 e. The van der Waals surface area contributed by atoms with Crippen molar-refractivity contribution in [2.24, 2.45) is 0 Å². The van der Waals surface area contributed by atoms with Crippen LogP contribution in [0.3, 0.4) is 0 Å². The minimum atomic E-state index is -3.39. The van der Waals surface area contributed by atoms with Crippen molar-refractivity contribution in [3.63, 3.8) is 0 Å². The molecule has 0 aliphatic heterocycles. The molecule has 0 radical (unpaired) electrons. The van der Waals surface area contributed by atoms with Crippen LogP contribution < -0.4 is 10.0 Å². The van der Waals surface area contributed by atoms with Crippen molar-refractivity contribution in [3.05, 3.63) is 0 Å². The quantitative estimate of drug-likeness (QED) is 0.609. The van der Waals surface area contributed by atoms with Crippen LogP contribution in [0.25, 0.3) is 0 Å². The van der Waals surface area contributed by atoms with E-state index < -0.39 is 15.2 Å². The van der Waals surface area contributed by atoms with Crippen LogP contribution in [0.2, 0.25) is 0 Å². The van der Waals surface area contributed by atoms with Gasteiger partial charge in [0.25, 0.3) is 0 Å². The van der Waals surface area contributed by atoms with Gasteiger partial charge in [-0.25, -0.2) is 13.1 Å². The van der Waals surface area contributed by atoms with Gasteiger partial charge in [-0.2, -0.15) is 0 Å². The standard InChI is InChI=1S/C6H13ClN2O3S/c1-2-8-6(10)3-4-9-13(11,12)5-7/h9H,2-5H2,1H3,(H,8,10). The summed E-state index contributed by atoms with van der Waals surface area (Å²) in [6.07, 6.45) is 0.129. The van der Waals surface area contributed by atoms with Crippen LogP contribution in [-0.4, -0.2) is 32.6 Å². The second-order valence-corrected chi connectivity index (χ2v) is 4.71. The molecule has 2 N–H and O–H groups in total. The number of rotatable bonds is 6. The Morgan fingerprint density at radius 3 is 2.54 bits per heavy atom. The van der Waals surface area contributed by atoms with E-state index in [-0.39, 0.29) is 18.9 Å². The summed E-state index contributed by atoms with van der Waals surface area (Å²) >= 11 is 5.12. The zero-order valence-electron chi connectivity index (χ0n) is 7.34. The van der Waals surface area contributed by atoms with Gasteiger partial charge < -0.3 is 5.32 Å². The third kappa shape index (κ3) is 6.80. The fourth-order valence-corrected chi connectivity index (χ4v) is 1.37. The van der Waals surface area contributed by atoms with Gasteiger partial charge >= 0.3 is 0 Å². The topological polar surface area (TPSA) is 75.3 Å². The smallest absolute Gasteiger partial charge is 0.225 e. The molecule has 0 unspecified atom stereocenters. The molecule has 5 nitrogen and oxygen atoms in total. The Balaban J connectivity index is 3.62. The molecule has 0 saturated carbocycles. The molecule has 1 amide bonds. The van der Waals surface area contributed by atoms with Gasteiger partial charge in [0.05, 0.1) is 0 Å². The predicted octanol–water partition coefficient (Wildman–Crippen LogP) is -0.372. The second-order valence-electron chi connectivity index (χ2n) is 2.32. The van der Waals surface area contributed by atoms with E-state index in [2.05, 4.69) is 10.0 Å². The first kappa shape index (κ1) is 12.7. The summed E-state index contributed by atoms with van der Waals surface area (Å²) in [5.74, 6) is -0.181. The highest BCUT2D eigenvalue weighted by Gasteiger charge is 2.07. The van der Waals surface area contributed by atoms with Gasteiger partial charge in [-0.15, -0.1) is 11.6 Å². The molecule has 78 valence electrons. The zero-order valence-corrected chi connectivity index (χ0v) is 8.91. The van der Waals surface area contributed by atoms with Crippen LogP contribution in [-0.2, 0) is 14.8 Å². The third-order valence-corrected chi connectivity index (χ3v) is 2.98. The first-order valence-corrected chi connectivity index (χ1v) is 6.00. The van der Waals surface area contributed by atoms with E-state index in [4.69, 9.17) is 11.6 Å². The van der Waals surface area contributed by atoms with Gasteiger partial charge in [0.2, 0.25) is 15.9 Å². The van der Waals surface area contributed by atoms with Crippen LogP contribution >= 0.6 is 11.6 Å². The molecule has 7 heteroatoms. The number of carbonyl (C=O) groups excluding carboxylic acids is 1. The zero-order chi connectivity index (χ0) is 10.3. The lowest BCUT2D eigenvalue weighted by Crippen LogP contribution is -2.31. The van der Waals surface area contributed by atoms with Crippen molar-refractivity contribution < 1.29 is 13.2 Å². The van der Waals surface area contributed by atoms with E-state index in [0.29, 0.717) is 6.54 Å². The molecule has 0 spiro atoms. The number of nitrogens with one attached hydrogen (secondary N) is 2. The van der Waals surface area contributed by atoms with Gasteiger partial charge in [-0.1, -0.05) is 0 Å². The Labute approximate surface area is 82.9 Å². The Morgan fingerprint density at radius 1 is 1.46 bits per heavy atom. The van der Waals surface area contributed by atoms with E-state index in [9.17, 15) is 13.2 Å². The van der Waals surface area contributed by atoms with Gasteiger partial charge in [0.1, 0.15) is 5.21 Å². The number of halogens is 1. The van der Waals surface area contributed by atoms with Crippen LogP contribution in [0.15, 0.2) is 0 Å². The lowest BCUT2D eigenvalue weighted by molar-refractivity contribution is -0.120. The number of carbonyl (C=O) groups is 1. The highest BCUT2D eigenvalue weighted by Crippen LogP contribution is 1.88. The summed E-state index contributed by atoms with van der Waals surface area (Å²) in [6, 6.07) is 0. The lowest BCUT2D eigenvalue weighted by atomic mass is 10.4. The van der Waals surface area contributed by atoms with E-state index in [0.717, 1.165) is 0 Å². The van der Waals surface area contributed by atoms with Crippen LogP contribution in [0, 0.1) is 0 Å². The largest absolute Gasteiger partial charge is 0.356 e. The maximum absolute atomic E-state index is 10.8. The Kier molecular flexibility index (Phi) is 6.02. The predicted molar refractivity (Wildman–Crippen MR) is 50.9 cm³/mol. The number of alkyl halides is 1. The molecule has 0 atom stereocenters. The number of hydrogen-bond donors (Lipinski definition) is 2. The van der Waals surface area contributed by atoms with Crippen molar-refractivity contribution in [1.29, 1.82) is 0 Å². The molecule has 0 aromatic rings. The molecule has 0 saturated heterocycles. The van der Waals surface area contributed by atoms with Crippen molar-refractivity contribution >= 4 is 27.5 Å². The molecule has 0 aromatic carbocycles. The van der Waals surface area contributed by atoms with Crippen LogP contribution in [0.1, 0.15) is 13.3 Å². The summed E-state index contributed by atoms with van der Waals surface area (Å²) in [7, 11) is -3.39. The third-order valence-electron chi connectivity index (χ3n) is 1.19. The van der Waals surface area contributed by atoms with Crippen molar-refractivity contribution in [2.75, 3.05) is 18.3 Å². The molecule has 0 aromatic heterocycles. The van der Waals surface area contributed by atoms with E-state index in [1.807, 2.05) is 0 Å². The van der Waals surface area contributed by atoms with E-state index >= 15 is 0 Å². The average Bonchev–Trinajstić information content (AvgIpc) is 2.05. The van der Waals surface area contributed by atoms with Crippen molar-refractivity contribution in [2.45, 2.75) is 13.3 Å². The average molecular weight is 229 g/mol. The molecule has 0 aliphatic rings. The van der Waals surface area contributed by atoms with Crippen molar-refractivity contribution in [3.8, 4) is 0 Å². The fourth-order valence-electron chi connectivity index (χ4n) is 0.644. The van der Waals surface area contributed by atoms with Gasteiger partial charge in [-0.05, 0) is 6.92 Å². The number of amides is 1. The number of sulfonamides is 1. The maximum atomic E-state index is 10.8. The maximum Gasteiger partial charge on any atom is 0.225 e. The molecular formula is C6H13ClN2O3S. The highest BCUT2D eigenvalue weighted by molar-refractivity contribution is 7.90. The molecular weight excluding hydrogens is 216 g/mol. The van der Waals surface area contributed by atoms with E-state index in [1.54, 1.807) is 6.92 Å². The van der Waals surface area contributed by atoms with Crippen molar-refractivity contribution in [1.82, 2.24) is 10.0 Å². The Hall–Kier alpha value is -0.330. The van der Waals surface area contributed by atoms with Crippen LogP contribution in [0.4, 0.5) is 0 Å². The molecule has 0 bridgehead atoms. The normalized spacial score (nSPS) is 11.2. The second kappa shape index (κ2) is 6.17. The number of hydrogen-bond acceptors (Lipinski definition) is 3. The molecule has 0 heterocycles. The van der Waals surface area contributed by atoms with Crippen LogP contribution in [0.5, 0.6) is 0 Å². The lowest BCUT2D eigenvalue weighted by Gasteiger charge is -2.03. The summed E-state index contributed by atoms with van der Waals surface area (Å²) in [5, 5.41) is 2.06. The molecule has 0 aliphatic carbocycles. The summed E-state index contributed by atoms with van der Waals surface area (Å²) < 4.78 is 23.7. The highest BCUT2D eigenvalue weighted by atomic mass is 35.5. The van der Waals surface area contributed by atoms with Gasteiger partial charge in [-0.3, -0.25) is 4.79 Å². The Morgan fingerprint density at radius 2 is 2.08 bits per heavy atom. The first-order valence-electron chi connectivity index (χ1n) is 3.82. The molecule has 0 fully saturated rings. The first-order chi connectivity index (χ1) is 6.02. The summed E-state index contributed by atoms with van der Waals surface area (Å²) in [5.41, 5.74) is 0. The monoisotopic (exact) mass is 228 g/mol. The minimum absolute atomic E-state index is 0.0842. The fraction of sp³-hybridized carbons (Fsp3) is 0.833. The Bertz CT molecular complexity index is 253.